The molecule has 0 aliphatic carbocycles. The highest BCUT2D eigenvalue weighted by Crippen LogP contribution is 2.29. The van der Waals surface area contributed by atoms with Crippen LogP contribution >= 0.6 is 11.3 Å². The van der Waals surface area contributed by atoms with Crippen LogP contribution in [-0.2, 0) is 14.8 Å². The third kappa shape index (κ3) is 5.08. The summed E-state index contributed by atoms with van der Waals surface area (Å²) in [6.45, 7) is 5.09. The second-order valence-corrected chi connectivity index (χ2v) is 10.2. The molecule has 0 spiro atoms. The van der Waals surface area contributed by atoms with Gasteiger partial charge >= 0.3 is 0 Å². The summed E-state index contributed by atoms with van der Waals surface area (Å²) in [6.07, 6.45) is 1.00. The molecule has 31 heavy (non-hydrogen) atoms. The summed E-state index contributed by atoms with van der Waals surface area (Å²) in [7, 11) is -3.71. The minimum Gasteiger partial charge on any atom is -0.506 e. The molecule has 0 radical (unpaired) electrons. The number of anilines is 1. The number of aromatic hydroxyl groups is 1. The van der Waals surface area contributed by atoms with E-state index in [0.29, 0.717) is 43.9 Å². The molecular weight excluding hydrogens is 438 g/mol. The number of carbonyl (C=O) groups is 2. The largest absolute Gasteiger partial charge is 0.506 e. The summed E-state index contributed by atoms with van der Waals surface area (Å²) in [5.74, 6) is -0.844. The van der Waals surface area contributed by atoms with Gasteiger partial charge in [-0.05, 0) is 42.5 Å². The quantitative estimate of drug-likeness (QED) is 0.612. The molecule has 1 aliphatic heterocycles. The average molecular weight is 466 g/mol. The van der Waals surface area contributed by atoms with Gasteiger partial charge in [-0.1, -0.05) is 19.9 Å². The Labute approximate surface area is 186 Å². The van der Waals surface area contributed by atoms with Crippen molar-refractivity contribution in [3.8, 4) is 5.75 Å². The topological polar surface area (TPSA) is 107 Å². The first-order valence-corrected chi connectivity index (χ1v) is 12.6. The molecule has 168 valence electrons. The number of phenolic OH excluding ortho intramolecular Hbond substituents is 1. The number of carbonyl (C=O) groups excluding carboxylic acids is 2. The highest BCUT2D eigenvalue weighted by Gasteiger charge is 2.29. The lowest BCUT2D eigenvalue weighted by atomic mass is 9.95. The maximum absolute atomic E-state index is 12.7. The zero-order valence-corrected chi connectivity index (χ0v) is 19.2. The Morgan fingerprint density at radius 3 is 2.45 bits per heavy atom. The fourth-order valence-corrected chi connectivity index (χ4v) is 5.80. The van der Waals surface area contributed by atoms with Crippen molar-refractivity contribution >= 4 is 38.9 Å². The number of amides is 2. The molecule has 0 saturated carbocycles. The fourth-order valence-electron chi connectivity index (χ4n) is 3.62. The fraction of sp³-hybridized carbons (Fsp3) is 0.429. The van der Waals surface area contributed by atoms with Gasteiger partial charge in [0.25, 0.3) is 5.91 Å². The molecule has 1 fully saturated rings. The van der Waals surface area contributed by atoms with Crippen LogP contribution < -0.4 is 5.32 Å². The Hall–Kier alpha value is -2.43. The Morgan fingerprint density at radius 1 is 1.19 bits per heavy atom. The van der Waals surface area contributed by atoms with Crippen molar-refractivity contribution in [3.63, 3.8) is 0 Å². The third-order valence-corrected chi connectivity index (χ3v) is 8.36. The summed E-state index contributed by atoms with van der Waals surface area (Å²) in [4.78, 5) is 27.6. The first-order valence-electron chi connectivity index (χ1n) is 10.2. The normalized spacial score (nSPS) is 15.3. The van der Waals surface area contributed by atoms with E-state index in [4.69, 9.17) is 0 Å². The van der Waals surface area contributed by atoms with Crippen molar-refractivity contribution in [3.05, 3.63) is 40.6 Å². The Bertz CT molecular complexity index is 1030. The van der Waals surface area contributed by atoms with Crippen LogP contribution in [0.25, 0.3) is 0 Å². The standard InChI is InChI=1S/C21H27N3O5S2/c1-3-24(4-2)31(28,29)16-7-8-18(25)17(14-16)22-20(26)15-9-11-23(12-10-15)21(27)19-6-5-13-30-19/h5-8,13-15,25H,3-4,9-12H2,1-2H3,(H,22,26). The van der Waals surface area contributed by atoms with Gasteiger partial charge in [0.05, 0.1) is 15.5 Å². The number of rotatable bonds is 7. The van der Waals surface area contributed by atoms with Crippen molar-refractivity contribution in [1.82, 2.24) is 9.21 Å². The van der Waals surface area contributed by atoms with E-state index in [0.717, 1.165) is 0 Å². The Balaban J connectivity index is 1.66. The number of piperidine rings is 1. The van der Waals surface area contributed by atoms with Crippen LogP contribution in [0.3, 0.4) is 0 Å². The van der Waals surface area contributed by atoms with Gasteiger partial charge in [0.1, 0.15) is 5.75 Å². The van der Waals surface area contributed by atoms with Gasteiger partial charge in [0.2, 0.25) is 15.9 Å². The molecule has 0 bridgehead atoms. The summed E-state index contributed by atoms with van der Waals surface area (Å²) in [5, 5.41) is 14.7. The molecule has 0 unspecified atom stereocenters. The highest BCUT2D eigenvalue weighted by atomic mass is 32.2. The minimum absolute atomic E-state index is 0.0145. The predicted octanol–water partition coefficient (Wildman–Crippen LogP) is 2.98. The van der Waals surface area contributed by atoms with Crippen LogP contribution in [0.1, 0.15) is 36.4 Å². The van der Waals surface area contributed by atoms with Crippen molar-refractivity contribution in [2.75, 3.05) is 31.5 Å². The number of hydrogen-bond donors (Lipinski definition) is 2. The van der Waals surface area contributed by atoms with E-state index in [1.807, 2.05) is 11.4 Å². The van der Waals surface area contributed by atoms with Crippen LogP contribution in [0, 0.1) is 5.92 Å². The van der Waals surface area contributed by atoms with Gasteiger partial charge in [-0.3, -0.25) is 9.59 Å². The van der Waals surface area contributed by atoms with E-state index in [-0.39, 0.29) is 34.1 Å². The molecule has 2 aromatic rings. The van der Waals surface area contributed by atoms with Crippen molar-refractivity contribution in [2.24, 2.45) is 5.92 Å². The number of benzene rings is 1. The van der Waals surface area contributed by atoms with Gasteiger partial charge < -0.3 is 15.3 Å². The average Bonchev–Trinajstić information content (AvgIpc) is 3.30. The second kappa shape index (κ2) is 9.80. The molecule has 0 atom stereocenters. The number of sulfonamides is 1. The summed E-state index contributed by atoms with van der Waals surface area (Å²) in [5.41, 5.74) is 0.0651. The molecule has 1 saturated heterocycles. The maximum Gasteiger partial charge on any atom is 0.263 e. The second-order valence-electron chi connectivity index (χ2n) is 7.30. The molecular formula is C21H27N3O5S2. The Kier molecular flexibility index (Phi) is 7.34. The van der Waals surface area contributed by atoms with Crippen molar-refractivity contribution < 1.29 is 23.1 Å². The number of thiophene rings is 1. The van der Waals surface area contributed by atoms with Crippen LogP contribution in [0.2, 0.25) is 0 Å². The lowest BCUT2D eigenvalue weighted by molar-refractivity contribution is -0.121. The molecule has 1 aliphatic rings. The smallest absolute Gasteiger partial charge is 0.263 e. The van der Waals surface area contributed by atoms with Gasteiger partial charge in [-0.25, -0.2) is 8.42 Å². The van der Waals surface area contributed by atoms with Crippen molar-refractivity contribution in [2.45, 2.75) is 31.6 Å². The highest BCUT2D eigenvalue weighted by molar-refractivity contribution is 7.89. The first-order chi connectivity index (χ1) is 14.8. The van der Waals surface area contributed by atoms with Gasteiger partial charge in [-0.2, -0.15) is 4.31 Å². The molecule has 2 N–H and O–H groups in total. The number of nitrogens with one attached hydrogen (secondary N) is 1. The van der Waals surface area contributed by atoms with Crippen LogP contribution in [0.5, 0.6) is 5.75 Å². The number of nitrogens with zero attached hydrogens (tertiary/aromatic N) is 2. The number of phenols is 1. The third-order valence-electron chi connectivity index (χ3n) is 5.45. The molecule has 2 amide bonds. The summed E-state index contributed by atoms with van der Waals surface area (Å²) < 4.78 is 26.8. The minimum atomic E-state index is -3.71. The van der Waals surface area contributed by atoms with Gasteiger partial charge in [0.15, 0.2) is 0 Å². The summed E-state index contributed by atoms with van der Waals surface area (Å²) in [6, 6.07) is 7.50. The molecule has 2 heterocycles. The zero-order chi connectivity index (χ0) is 22.6. The van der Waals surface area contributed by atoms with E-state index in [1.54, 1.807) is 24.8 Å². The van der Waals surface area contributed by atoms with Gasteiger partial charge in [-0.15, -0.1) is 11.3 Å². The molecule has 10 heteroatoms. The van der Waals surface area contributed by atoms with Crippen molar-refractivity contribution in [1.29, 1.82) is 0 Å². The lowest BCUT2D eigenvalue weighted by Crippen LogP contribution is -2.41. The first kappa shape index (κ1) is 23.2. The SMILES string of the molecule is CCN(CC)S(=O)(=O)c1ccc(O)c(NC(=O)C2CCN(C(=O)c3cccs3)CC2)c1. The molecule has 1 aromatic carbocycles. The molecule has 8 nitrogen and oxygen atoms in total. The lowest BCUT2D eigenvalue weighted by Gasteiger charge is -2.31. The van der Waals surface area contributed by atoms with Crippen LogP contribution in [0.15, 0.2) is 40.6 Å². The van der Waals surface area contributed by atoms with E-state index < -0.39 is 10.0 Å². The maximum atomic E-state index is 12.7. The molecule has 1 aromatic heterocycles. The van der Waals surface area contributed by atoms with E-state index >= 15 is 0 Å². The van der Waals surface area contributed by atoms with E-state index in [1.165, 1.54) is 33.8 Å². The number of hydrogen-bond acceptors (Lipinski definition) is 6. The zero-order valence-electron chi connectivity index (χ0n) is 17.6. The Morgan fingerprint density at radius 2 is 1.87 bits per heavy atom. The monoisotopic (exact) mass is 465 g/mol. The van der Waals surface area contributed by atoms with Crippen LogP contribution in [0.4, 0.5) is 5.69 Å². The number of likely N-dealkylation sites (tertiary alicyclic amines) is 1. The van der Waals surface area contributed by atoms with Gasteiger partial charge in [0, 0.05) is 32.1 Å². The van der Waals surface area contributed by atoms with E-state index in [9.17, 15) is 23.1 Å². The molecule has 3 rings (SSSR count). The van der Waals surface area contributed by atoms with Crippen LogP contribution in [-0.4, -0.2) is 60.7 Å². The predicted molar refractivity (Wildman–Crippen MR) is 120 cm³/mol. The van der Waals surface area contributed by atoms with E-state index in [2.05, 4.69) is 5.32 Å². The summed E-state index contributed by atoms with van der Waals surface area (Å²) >= 11 is 1.39.